The van der Waals surface area contributed by atoms with Crippen LogP contribution in [0.4, 0.5) is 5.82 Å². The predicted octanol–water partition coefficient (Wildman–Crippen LogP) is 3.46. The highest BCUT2D eigenvalue weighted by molar-refractivity contribution is 5.94. The van der Waals surface area contributed by atoms with Gasteiger partial charge in [0.05, 0.1) is 23.8 Å². The van der Waals surface area contributed by atoms with Gasteiger partial charge in [0.15, 0.2) is 0 Å². The molecule has 0 radical (unpaired) electrons. The van der Waals surface area contributed by atoms with Crippen LogP contribution in [0.1, 0.15) is 21.6 Å². The summed E-state index contributed by atoms with van der Waals surface area (Å²) in [6.07, 6.45) is 5.57. The lowest BCUT2D eigenvalue weighted by Gasteiger charge is -2.10. The van der Waals surface area contributed by atoms with Gasteiger partial charge < -0.3 is 11.1 Å². The Bertz CT molecular complexity index is 1600. The number of benzene rings is 2. The van der Waals surface area contributed by atoms with Crippen LogP contribution in [0, 0.1) is 0 Å². The number of anilines is 1. The quantitative estimate of drug-likeness (QED) is 0.372. The molecule has 0 aliphatic heterocycles. The van der Waals surface area contributed by atoms with E-state index in [0.717, 1.165) is 22.4 Å². The highest BCUT2D eigenvalue weighted by Crippen LogP contribution is 2.23. The number of nitrogens with zero attached hydrogens (tertiary/aromatic N) is 4. The van der Waals surface area contributed by atoms with Crippen LogP contribution < -0.4 is 16.6 Å². The van der Waals surface area contributed by atoms with Crippen LogP contribution in [-0.2, 0) is 13.0 Å². The summed E-state index contributed by atoms with van der Waals surface area (Å²) in [5.74, 6) is 0.265. The maximum absolute atomic E-state index is 13.1. The minimum Gasteiger partial charge on any atom is -0.384 e. The molecular formula is C28H24N6O2. The van der Waals surface area contributed by atoms with E-state index in [1.807, 2.05) is 48.5 Å². The van der Waals surface area contributed by atoms with Crippen molar-refractivity contribution in [1.82, 2.24) is 24.8 Å². The minimum atomic E-state index is -0.166. The van der Waals surface area contributed by atoms with Crippen LogP contribution in [0.2, 0.25) is 0 Å². The van der Waals surface area contributed by atoms with Crippen LogP contribution >= 0.6 is 0 Å². The Balaban J connectivity index is 1.31. The van der Waals surface area contributed by atoms with Crippen molar-refractivity contribution in [3.8, 4) is 11.1 Å². The molecule has 0 aliphatic rings. The number of carbonyl (C=O) groups excluding carboxylic acids is 1. The first-order chi connectivity index (χ1) is 17.6. The van der Waals surface area contributed by atoms with Crippen LogP contribution in [-0.4, -0.2) is 32.0 Å². The van der Waals surface area contributed by atoms with Crippen molar-refractivity contribution in [3.63, 3.8) is 0 Å². The summed E-state index contributed by atoms with van der Waals surface area (Å²) in [6.45, 7) is 0.793. The Kier molecular flexibility index (Phi) is 6.48. The molecule has 3 heterocycles. The van der Waals surface area contributed by atoms with Crippen molar-refractivity contribution < 1.29 is 4.79 Å². The Labute approximate surface area is 207 Å². The largest absolute Gasteiger partial charge is 0.384 e. The molecule has 0 unspecified atom stereocenters. The lowest BCUT2D eigenvalue weighted by molar-refractivity contribution is 0.0954. The fourth-order valence-corrected chi connectivity index (χ4v) is 4.04. The van der Waals surface area contributed by atoms with E-state index in [-0.39, 0.29) is 11.5 Å². The highest BCUT2D eigenvalue weighted by atomic mass is 16.1. The van der Waals surface area contributed by atoms with Gasteiger partial charge >= 0.3 is 0 Å². The molecule has 8 nitrogen and oxygen atoms in total. The maximum atomic E-state index is 13.1. The summed E-state index contributed by atoms with van der Waals surface area (Å²) in [6, 6.07) is 22.1. The number of rotatable bonds is 7. The van der Waals surface area contributed by atoms with E-state index >= 15 is 0 Å². The third-order valence-electron chi connectivity index (χ3n) is 5.87. The molecule has 0 atom stereocenters. The van der Waals surface area contributed by atoms with E-state index in [0.29, 0.717) is 41.8 Å². The summed E-state index contributed by atoms with van der Waals surface area (Å²) < 4.78 is 1.55. The van der Waals surface area contributed by atoms with E-state index in [1.165, 1.54) is 6.33 Å². The third-order valence-corrected chi connectivity index (χ3v) is 5.87. The molecule has 36 heavy (non-hydrogen) atoms. The zero-order valence-corrected chi connectivity index (χ0v) is 19.5. The van der Waals surface area contributed by atoms with Crippen LogP contribution in [0.3, 0.4) is 0 Å². The first kappa shape index (κ1) is 22.9. The van der Waals surface area contributed by atoms with Gasteiger partial charge in [-0.1, -0.05) is 24.3 Å². The van der Waals surface area contributed by atoms with Gasteiger partial charge in [0.1, 0.15) is 5.82 Å². The summed E-state index contributed by atoms with van der Waals surface area (Å²) in [5.41, 5.74) is 10.4. The average molecular weight is 477 g/mol. The Hall–Kier alpha value is -4.85. The monoisotopic (exact) mass is 476 g/mol. The van der Waals surface area contributed by atoms with Crippen molar-refractivity contribution in [2.75, 3.05) is 12.3 Å². The molecule has 5 rings (SSSR count). The number of fused-ring (bicyclic) bond motifs is 1. The predicted molar refractivity (Wildman–Crippen MR) is 139 cm³/mol. The lowest BCUT2D eigenvalue weighted by Crippen LogP contribution is -2.26. The van der Waals surface area contributed by atoms with E-state index in [4.69, 9.17) is 5.73 Å². The second kappa shape index (κ2) is 10.2. The fraction of sp³-hybridized carbons (Fsp3) is 0.107. The summed E-state index contributed by atoms with van der Waals surface area (Å²) in [4.78, 5) is 38.6. The number of pyridine rings is 2. The lowest BCUT2D eigenvalue weighted by atomic mass is 10.1. The topological polar surface area (TPSA) is 116 Å². The van der Waals surface area contributed by atoms with E-state index < -0.39 is 0 Å². The standard InChI is InChI=1S/C28H24N6O2/c29-26-16-21(9-12-31-26)20-7-8-24-25(15-20)33-18-34(28(24)36)17-19-4-3-5-22(14-19)27(35)32-13-10-23-6-1-2-11-30-23/h1-9,11-12,14-16,18H,10,13,17H2,(H2,29,31)(H,32,35). The second-order valence-electron chi connectivity index (χ2n) is 8.41. The average Bonchev–Trinajstić information content (AvgIpc) is 2.91. The number of hydrogen-bond donors (Lipinski definition) is 2. The van der Waals surface area contributed by atoms with Gasteiger partial charge in [-0.2, -0.15) is 0 Å². The van der Waals surface area contributed by atoms with Crippen molar-refractivity contribution in [2.45, 2.75) is 13.0 Å². The molecule has 0 aliphatic carbocycles. The number of nitrogen functional groups attached to an aromatic ring is 1. The first-order valence-electron chi connectivity index (χ1n) is 11.5. The molecule has 3 N–H and O–H groups in total. The molecule has 0 saturated heterocycles. The summed E-state index contributed by atoms with van der Waals surface area (Å²) >= 11 is 0. The molecule has 0 spiro atoms. The molecule has 0 saturated carbocycles. The smallest absolute Gasteiger partial charge is 0.261 e. The SMILES string of the molecule is Nc1cc(-c2ccc3c(=O)n(Cc4cccc(C(=O)NCCc5ccccn5)c4)cnc3c2)ccn1. The number of hydrogen-bond acceptors (Lipinski definition) is 6. The van der Waals surface area contributed by atoms with Gasteiger partial charge in [-0.25, -0.2) is 9.97 Å². The van der Waals surface area contributed by atoms with Crippen molar-refractivity contribution >= 4 is 22.6 Å². The zero-order valence-electron chi connectivity index (χ0n) is 19.5. The molecule has 178 valence electrons. The van der Waals surface area contributed by atoms with Gasteiger partial charge in [-0.3, -0.25) is 19.1 Å². The second-order valence-corrected chi connectivity index (χ2v) is 8.41. The van der Waals surface area contributed by atoms with Crippen LogP contribution in [0.15, 0.2) is 96.3 Å². The molecular weight excluding hydrogens is 452 g/mol. The molecule has 2 aromatic carbocycles. The van der Waals surface area contributed by atoms with Crippen molar-refractivity contribution in [1.29, 1.82) is 0 Å². The van der Waals surface area contributed by atoms with E-state index in [1.54, 1.807) is 41.2 Å². The Morgan fingerprint density at radius 2 is 1.78 bits per heavy atom. The van der Waals surface area contributed by atoms with Gasteiger partial charge in [-0.15, -0.1) is 0 Å². The molecule has 8 heteroatoms. The number of nitrogens with one attached hydrogen (secondary N) is 1. The van der Waals surface area contributed by atoms with E-state index in [2.05, 4.69) is 20.3 Å². The van der Waals surface area contributed by atoms with Crippen molar-refractivity contribution in [2.24, 2.45) is 0 Å². The van der Waals surface area contributed by atoms with Gasteiger partial charge in [0.2, 0.25) is 0 Å². The zero-order chi connectivity index (χ0) is 24.9. The minimum absolute atomic E-state index is 0.147. The Morgan fingerprint density at radius 3 is 2.61 bits per heavy atom. The maximum Gasteiger partial charge on any atom is 0.261 e. The third kappa shape index (κ3) is 5.12. The molecule has 3 aromatic heterocycles. The van der Waals surface area contributed by atoms with Gasteiger partial charge in [0, 0.05) is 36.6 Å². The van der Waals surface area contributed by atoms with Crippen molar-refractivity contribution in [3.05, 3.63) is 119 Å². The summed E-state index contributed by atoms with van der Waals surface area (Å²) in [5, 5.41) is 3.44. The first-order valence-corrected chi connectivity index (χ1v) is 11.5. The van der Waals surface area contributed by atoms with Gasteiger partial charge in [0.25, 0.3) is 11.5 Å². The number of carbonyl (C=O) groups is 1. The molecule has 5 aromatic rings. The fourth-order valence-electron chi connectivity index (χ4n) is 4.04. The van der Waals surface area contributed by atoms with Crippen LogP contribution in [0.25, 0.3) is 22.0 Å². The molecule has 0 bridgehead atoms. The highest BCUT2D eigenvalue weighted by Gasteiger charge is 2.10. The number of amides is 1. The number of aromatic nitrogens is 4. The number of nitrogens with two attached hydrogens (primary N) is 1. The molecule has 1 amide bonds. The molecule has 0 fully saturated rings. The normalized spacial score (nSPS) is 10.9. The summed E-state index contributed by atoms with van der Waals surface area (Å²) in [7, 11) is 0. The van der Waals surface area contributed by atoms with E-state index in [9.17, 15) is 9.59 Å². The van der Waals surface area contributed by atoms with Gasteiger partial charge in [-0.05, 0) is 65.2 Å². The van der Waals surface area contributed by atoms with Crippen LogP contribution in [0.5, 0.6) is 0 Å². The Morgan fingerprint density at radius 1 is 0.889 bits per heavy atom.